The Morgan fingerprint density at radius 2 is 2.26 bits per heavy atom. The van der Waals surface area contributed by atoms with E-state index in [0.29, 0.717) is 17.9 Å². The molecule has 0 radical (unpaired) electrons. The molecule has 7 heteroatoms. The average molecular weight is 318 g/mol. The van der Waals surface area contributed by atoms with Gasteiger partial charge in [-0.3, -0.25) is 9.59 Å². The highest BCUT2D eigenvalue weighted by Gasteiger charge is 2.50. The summed E-state index contributed by atoms with van der Waals surface area (Å²) < 4.78 is 1.14. The second-order valence-corrected chi connectivity index (χ2v) is 7.02. The summed E-state index contributed by atoms with van der Waals surface area (Å²) in [6.07, 6.45) is 6.96. The number of allylic oxidation sites excluding steroid dienone is 1. The number of carbonyl (C=O) groups excluding carboxylic acids is 1. The highest BCUT2D eigenvalue weighted by Crippen LogP contribution is 2.59. The van der Waals surface area contributed by atoms with Gasteiger partial charge in [-0.2, -0.15) is 0 Å². The summed E-state index contributed by atoms with van der Waals surface area (Å²) in [6, 6.07) is 0. The normalized spacial score (nSPS) is 24.5. The van der Waals surface area contributed by atoms with E-state index in [-0.39, 0.29) is 18.1 Å². The van der Waals surface area contributed by atoms with Crippen molar-refractivity contribution in [2.75, 3.05) is 6.54 Å². The van der Waals surface area contributed by atoms with E-state index >= 15 is 0 Å². The third kappa shape index (κ3) is 3.00. The first-order chi connectivity index (χ1) is 10.9. The minimum atomic E-state index is -1.02. The summed E-state index contributed by atoms with van der Waals surface area (Å²) in [5, 5.41) is 18.8. The Labute approximate surface area is 134 Å². The number of fused-ring (bicyclic) bond motifs is 1. The lowest BCUT2D eigenvalue weighted by molar-refractivity contribution is -0.137. The van der Waals surface area contributed by atoms with Gasteiger partial charge in [-0.15, -0.1) is 5.10 Å². The first-order valence-corrected chi connectivity index (χ1v) is 7.97. The summed E-state index contributed by atoms with van der Waals surface area (Å²) >= 11 is 0. The van der Waals surface area contributed by atoms with Crippen molar-refractivity contribution in [1.29, 1.82) is 0 Å². The molecular weight excluding hydrogens is 296 g/mol. The molecular formula is C16H22N4O3. The predicted molar refractivity (Wildman–Crippen MR) is 82.7 cm³/mol. The van der Waals surface area contributed by atoms with Gasteiger partial charge in [0.15, 0.2) is 5.69 Å². The number of nitrogens with one attached hydrogen (secondary N) is 1. The van der Waals surface area contributed by atoms with Crippen LogP contribution in [0.1, 0.15) is 43.6 Å². The molecule has 3 aliphatic rings. The van der Waals surface area contributed by atoms with Crippen molar-refractivity contribution < 1.29 is 14.7 Å². The van der Waals surface area contributed by atoms with E-state index in [1.165, 1.54) is 18.2 Å². The van der Waals surface area contributed by atoms with Gasteiger partial charge < -0.3 is 10.4 Å². The largest absolute Gasteiger partial charge is 0.480 e. The van der Waals surface area contributed by atoms with Gasteiger partial charge in [0.2, 0.25) is 0 Å². The van der Waals surface area contributed by atoms with Crippen LogP contribution in [0.4, 0.5) is 0 Å². The van der Waals surface area contributed by atoms with Crippen molar-refractivity contribution in [1.82, 2.24) is 20.3 Å². The van der Waals surface area contributed by atoms with Gasteiger partial charge in [0.05, 0.1) is 6.20 Å². The van der Waals surface area contributed by atoms with Crippen LogP contribution in [0.3, 0.4) is 0 Å². The van der Waals surface area contributed by atoms with Crippen molar-refractivity contribution in [3.8, 4) is 0 Å². The second kappa shape index (κ2) is 5.79. The first-order valence-electron chi connectivity index (χ1n) is 7.97. The number of amides is 1. The molecule has 7 nitrogen and oxygen atoms in total. The average Bonchev–Trinajstić information content (AvgIpc) is 2.95. The highest BCUT2D eigenvalue weighted by molar-refractivity contribution is 5.91. The number of rotatable bonds is 6. The molecule has 2 atom stereocenters. The Bertz CT molecular complexity index is 662. The zero-order valence-electron chi connectivity index (χ0n) is 13.5. The van der Waals surface area contributed by atoms with Crippen LogP contribution in [0.5, 0.6) is 0 Å². The molecule has 124 valence electrons. The van der Waals surface area contributed by atoms with Crippen molar-refractivity contribution in [2.24, 2.45) is 17.3 Å². The molecule has 0 aliphatic heterocycles. The lowest BCUT2D eigenvalue weighted by Crippen LogP contribution is -2.48. The van der Waals surface area contributed by atoms with E-state index in [2.05, 4.69) is 35.6 Å². The maximum Gasteiger partial charge on any atom is 0.325 e. The maximum absolute atomic E-state index is 12.0. The minimum Gasteiger partial charge on any atom is -0.480 e. The Morgan fingerprint density at radius 1 is 1.48 bits per heavy atom. The van der Waals surface area contributed by atoms with Gasteiger partial charge in [-0.1, -0.05) is 30.7 Å². The number of carbonyl (C=O) groups is 2. The molecule has 0 spiro atoms. The molecule has 1 saturated carbocycles. The van der Waals surface area contributed by atoms with Crippen LogP contribution in [-0.4, -0.2) is 38.5 Å². The molecule has 4 rings (SSSR count). The SMILES string of the molecule is CC1(C)[C@H]2CC=C(CCNC(=O)c3cn(CC(=O)O)nn3)[C@@H]1C2. The lowest BCUT2D eigenvalue weighted by atomic mass is 9.48. The van der Waals surface area contributed by atoms with Crippen LogP contribution >= 0.6 is 0 Å². The number of carboxylic acids is 1. The maximum atomic E-state index is 12.0. The Morgan fingerprint density at radius 3 is 2.91 bits per heavy atom. The van der Waals surface area contributed by atoms with Crippen molar-refractivity contribution in [3.05, 3.63) is 23.5 Å². The van der Waals surface area contributed by atoms with Crippen LogP contribution in [0.25, 0.3) is 0 Å². The molecule has 1 heterocycles. The highest BCUT2D eigenvalue weighted by atomic mass is 16.4. The predicted octanol–water partition coefficient (Wildman–Crippen LogP) is 1.48. The molecule has 23 heavy (non-hydrogen) atoms. The third-order valence-electron chi connectivity index (χ3n) is 5.35. The second-order valence-electron chi connectivity index (χ2n) is 7.02. The fraction of sp³-hybridized carbons (Fsp3) is 0.625. The number of carboxylic acid groups (broad SMARTS) is 1. The van der Waals surface area contributed by atoms with Crippen LogP contribution < -0.4 is 5.32 Å². The monoisotopic (exact) mass is 318 g/mol. The summed E-state index contributed by atoms with van der Waals surface area (Å²) in [5.41, 5.74) is 1.99. The molecule has 1 amide bonds. The van der Waals surface area contributed by atoms with Crippen LogP contribution in [0.2, 0.25) is 0 Å². The van der Waals surface area contributed by atoms with E-state index in [9.17, 15) is 9.59 Å². The molecule has 1 aromatic heterocycles. The molecule has 2 N–H and O–H groups in total. The minimum absolute atomic E-state index is 0.146. The molecule has 3 aliphatic carbocycles. The number of aromatic nitrogens is 3. The van der Waals surface area contributed by atoms with Crippen LogP contribution in [0, 0.1) is 17.3 Å². The van der Waals surface area contributed by atoms with E-state index in [1.807, 2.05) is 0 Å². The standard InChI is InChI=1S/C16H22N4O3/c1-16(2)11-4-3-10(12(16)7-11)5-6-17-15(23)13-8-20(19-18-13)9-14(21)22/h3,8,11-12H,4-7,9H2,1-2H3,(H,17,23)(H,21,22)/t11-,12-/m0/s1. The number of hydrogen-bond donors (Lipinski definition) is 2. The van der Waals surface area contributed by atoms with Gasteiger partial charge in [-0.25, -0.2) is 4.68 Å². The molecule has 0 unspecified atom stereocenters. The summed E-state index contributed by atoms with van der Waals surface area (Å²) in [5.74, 6) is 0.126. The van der Waals surface area contributed by atoms with Crippen molar-refractivity contribution in [3.63, 3.8) is 0 Å². The quantitative estimate of drug-likeness (QED) is 0.774. The summed E-state index contributed by atoms with van der Waals surface area (Å²) in [4.78, 5) is 22.6. The Hall–Kier alpha value is -2.18. The topological polar surface area (TPSA) is 97.1 Å². The summed E-state index contributed by atoms with van der Waals surface area (Å²) in [7, 11) is 0. The Balaban J connectivity index is 1.49. The van der Waals surface area contributed by atoms with Gasteiger partial charge in [0.25, 0.3) is 5.91 Å². The summed E-state index contributed by atoms with van der Waals surface area (Å²) in [6.45, 7) is 4.93. The van der Waals surface area contributed by atoms with Crippen molar-refractivity contribution in [2.45, 2.75) is 39.7 Å². The van der Waals surface area contributed by atoms with Crippen molar-refractivity contribution >= 4 is 11.9 Å². The fourth-order valence-corrected chi connectivity index (χ4v) is 3.79. The van der Waals surface area contributed by atoms with Crippen LogP contribution in [0.15, 0.2) is 17.8 Å². The lowest BCUT2D eigenvalue weighted by Gasteiger charge is -2.56. The zero-order valence-corrected chi connectivity index (χ0v) is 13.5. The molecule has 1 fully saturated rings. The van der Waals surface area contributed by atoms with Crippen LogP contribution in [-0.2, 0) is 11.3 Å². The number of hydrogen-bond acceptors (Lipinski definition) is 4. The van der Waals surface area contributed by atoms with E-state index < -0.39 is 5.97 Å². The number of aliphatic carboxylic acids is 1. The van der Waals surface area contributed by atoms with Gasteiger partial charge in [0, 0.05) is 6.54 Å². The molecule has 0 saturated heterocycles. The van der Waals surface area contributed by atoms with Gasteiger partial charge in [0.1, 0.15) is 6.54 Å². The third-order valence-corrected chi connectivity index (χ3v) is 5.35. The van der Waals surface area contributed by atoms with E-state index in [4.69, 9.17) is 5.11 Å². The molecule has 1 aromatic rings. The van der Waals surface area contributed by atoms with Gasteiger partial charge in [-0.05, 0) is 36.5 Å². The van der Waals surface area contributed by atoms with E-state index in [1.54, 1.807) is 0 Å². The molecule has 2 bridgehead atoms. The Kier molecular flexibility index (Phi) is 3.95. The fourth-order valence-electron chi connectivity index (χ4n) is 3.79. The molecule has 0 aromatic carbocycles. The van der Waals surface area contributed by atoms with Gasteiger partial charge >= 0.3 is 5.97 Å². The first kappa shape index (κ1) is 15.7. The zero-order chi connectivity index (χ0) is 16.6. The smallest absolute Gasteiger partial charge is 0.325 e. The number of nitrogens with zero attached hydrogens (tertiary/aromatic N) is 3. The van der Waals surface area contributed by atoms with E-state index in [0.717, 1.165) is 23.4 Å².